The van der Waals surface area contributed by atoms with Crippen molar-refractivity contribution in [3.63, 3.8) is 0 Å². The van der Waals surface area contributed by atoms with Gasteiger partial charge in [-0.2, -0.15) is 17.6 Å². The van der Waals surface area contributed by atoms with Crippen molar-refractivity contribution in [2.24, 2.45) is 0 Å². The van der Waals surface area contributed by atoms with Crippen LogP contribution in [0.25, 0.3) is 11.1 Å². The number of amides is 2. The number of carboxylic acid groups (broad SMARTS) is 1. The third-order valence-corrected chi connectivity index (χ3v) is 5.75. The fourth-order valence-electron chi connectivity index (χ4n) is 4.32. The zero-order chi connectivity index (χ0) is 23.9. The van der Waals surface area contributed by atoms with Gasteiger partial charge in [-0.3, -0.25) is 9.59 Å². The standard InChI is InChI=1S/C22H18F4N2O5/c23-21(24)33-11-8-16(20(31)32)28(10-11)17(29)9-27-19(30)13-5-3-7-15-18(13)12-4-1-2-6-14(12)22(15,25)26/h1-7,11,16,21H,8-10H2,(H,27,30)(H,31,32)/t11-,16+/m1/s1. The molecule has 2 aromatic rings. The number of rotatable bonds is 6. The van der Waals surface area contributed by atoms with E-state index < -0.39 is 49.0 Å². The van der Waals surface area contributed by atoms with Crippen molar-refractivity contribution in [2.45, 2.75) is 31.1 Å². The van der Waals surface area contributed by atoms with Crippen molar-refractivity contribution >= 4 is 17.8 Å². The van der Waals surface area contributed by atoms with E-state index in [4.69, 9.17) is 0 Å². The summed E-state index contributed by atoms with van der Waals surface area (Å²) in [5.41, 5.74) is -0.381. The molecule has 2 amide bonds. The van der Waals surface area contributed by atoms with Crippen LogP contribution in [0.4, 0.5) is 17.6 Å². The Morgan fingerprint density at radius 1 is 1.12 bits per heavy atom. The summed E-state index contributed by atoms with van der Waals surface area (Å²) in [6.45, 7) is -4.15. The topological polar surface area (TPSA) is 95.9 Å². The maximum absolute atomic E-state index is 14.8. The molecule has 1 aliphatic heterocycles. The number of fused-ring (bicyclic) bond motifs is 3. The van der Waals surface area contributed by atoms with Gasteiger partial charge >= 0.3 is 12.6 Å². The van der Waals surface area contributed by atoms with E-state index in [2.05, 4.69) is 10.1 Å². The number of nitrogens with one attached hydrogen (secondary N) is 1. The van der Waals surface area contributed by atoms with Crippen LogP contribution in [0.5, 0.6) is 0 Å². The predicted molar refractivity (Wildman–Crippen MR) is 106 cm³/mol. The van der Waals surface area contributed by atoms with Crippen LogP contribution in [0.2, 0.25) is 0 Å². The normalized spacial score (nSPS) is 20.5. The van der Waals surface area contributed by atoms with E-state index in [-0.39, 0.29) is 40.8 Å². The Morgan fingerprint density at radius 2 is 1.82 bits per heavy atom. The molecule has 2 aliphatic rings. The fraction of sp³-hybridized carbons (Fsp3) is 0.318. The highest BCUT2D eigenvalue weighted by Gasteiger charge is 2.46. The molecule has 2 N–H and O–H groups in total. The Kier molecular flexibility index (Phi) is 5.83. The second-order valence-electron chi connectivity index (χ2n) is 7.69. The largest absolute Gasteiger partial charge is 0.480 e. The molecule has 0 spiro atoms. The number of likely N-dealkylation sites (tertiary alicyclic amines) is 1. The van der Waals surface area contributed by atoms with Gasteiger partial charge in [0.05, 0.1) is 12.6 Å². The lowest BCUT2D eigenvalue weighted by atomic mass is 9.99. The van der Waals surface area contributed by atoms with E-state index in [9.17, 15) is 37.1 Å². The Hall–Kier alpha value is -3.47. The molecule has 33 heavy (non-hydrogen) atoms. The van der Waals surface area contributed by atoms with E-state index in [0.717, 1.165) is 4.90 Å². The average Bonchev–Trinajstić information content (AvgIpc) is 3.29. The molecule has 0 bridgehead atoms. The Morgan fingerprint density at radius 3 is 2.52 bits per heavy atom. The van der Waals surface area contributed by atoms with E-state index in [1.807, 2.05) is 0 Å². The number of hydrogen-bond donors (Lipinski definition) is 2. The molecule has 174 valence electrons. The van der Waals surface area contributed by atoms with Crippen LogP contribution in [-0.2, 0) is 20.2 Å². The van der Waals surface area contributed by atoms with Crippen molar-refractivity contribution in [2.75, 3.05) is 13.1 Å². The molecule has 1 aliphatic carbocycles. The molecule has 2 aromatic carbocycles. The molecule has 2 atom stereocenters. The number of ether oxygens (including phenoxy) is 1. The first-order chi connectivity index (χ1) is 15.6. The minimum Gasteiger partial charge on any atom is -0.480 e. The summed E-state index contributed by atoms with van der Waals surface area (Å²) in [5.74, 6) is -6.31. The van der Waals surface area contributed by atoms with Crippen LogP contribution in [0.1, 0.15) is 27.9 Å². The lowest BCUT2D eigenvalue weighted by Gasteiger charge is -2.21. The van der Waals surface area contributed by atoms with Crippen LogP contribution < -0.4 is 5.32 Å². The molecule has 1 saturated heterocycles. The van der Waals surface area contributed by atoms with Crippen molar-refractivity contribution in [1.82, 2.24) is 10.2 Å². The summed E-state index contributed by atoms with van der Waals surface area (Å²) >= 11 is 0. The minimum absolute atomic E-state index is 0.0537. The quantitative estimate of drug-likeness (QED) is 0.639. The van der Waals surface area contributed by atoms with Crippen LogP contribution >= 0.6 is 0 Å². The SMILES string of the molecule is O=C(NCC(=O)N1C[C@H](OC(F)F)C[C@H]1C(=O)O)c1cccc2c1-c1ccccc1C2(F)F. The number of aliphatic carboxylic acids is 1. The van der Waals surface area contributed by atoms with Crippen molar-refractivity contribution < 1.29 is 41.8 Å². The third-order valence-electron chi connectivity index (χ3n) is 5.75. The summed E-state index contributed by atoms with van der Waals surface area (Å²) in [5, 5.41) is 11.6. The number of carboxylic acids is 1. The number of halogens is 4. The van der Waals surface area contributed by atoms with E-state index in [0.29, 0.717) is 0 Å². The lowest BCUT2D eigenvalue weighted by Crippen LogP contribution is -2.45. The molecule has 7 nitrogen and oxygen atoms in total. The molecule has 0 saturated carbocycles. The number of hydrogen-bond acceptors (Lipinski definition) is 4. The van der Waals surface area contributed by atoms with Crippen molar-refractivity contribution in [3.8, 4) is 11.1 Å². The number of nitrogens with zero attached hydrogens (tertiary/aromatic N) is 1. The van der Waals surface area contributed by atoms with E-state index in [1.165, 1.54) is 36.4 Å². The summed E-state index contributed by atoms with van der Waals surface area (Å²) in [4.78, 5) is 37.6. The first-order valence-electron chi connectivity index (χ1n) is 9.96. The van der Waals surface area contributed by atoms with Gasteiger partial charge in [-0.1, -0.05) is 36.4 Å². The predicted octanol–water partition coefficient (Wildman–Crippen LogP) is 2.83. The summed E-state index contributed by atoms with van der Waals surface area (Å²) in [7, 11) is 0. The highest BCUT2D eigenvalue weighted by molar-refractivity contribution is 6.04. The molecule has 0 radical (unpaired) electrons. The average molecular weight is 466 g/mol. The van der Waals surface area contributed by atoms with Gasteiger partial charge < -0.3 is 20.1 Å². The smallest absolute Gasteiger partial charge is 0.345 e. The fourth-order valence-corrected chi connectivity index (χ4v) is 4.32. The number of carbonyl (C=O) groups excluding carboxylic acids is 2. The monoisotopic (exact) mass is 466 g/mol. The van der Waals surface area contributed by atoms with Crippen LogP contribution in [0.15, 0.2) is 42.5 Å². The Labute approximate surface area is 184 Å². The minimum atomic E-state index is -3.29. The van der Waals surface area contributed by atoms with Crippen molar-refractivity contribution in [3.05, 3.63) is 59.2 Å². The van der Waals surface area contributed by atoms with E-state index in [1.54, 1.807) is 6.07 Å². The lowest BCUT2D eigenvalue weighted by molar-refractivity contribution is -0.160. The first kappa shape index (κ1) is 22.7. The Bertz CT molecular complexity index is 1120. The van der Waals surface area contributed by atoms with Gasteiger partial charge in [0.2, 0.25) is 5.91 Å². The molecule has 4 rings (SSSR count). The molecule has 1 fully saturated rings. The summed E-state index contributed by atoms with van der Waals surface area (Å²) in [6.07, 6.45) is -1.49. The maximum Gasteiger partial charge on any atom is 0.345 e. The highest BCUT2D eigenvalue weighted by atomic mass is 19.3. The first-order valence-corrected chi connectivity index (χ1v) is 9.96. The molecular formula is C22H18F4N2O5. The third kappa shape index (κ3) is 4.04. The zero-order valence-electron chi connectivity index (χ0n) is 16.9. The second-order valence-corrected chi connectivity index (χ2v) is 7.69. The molecular weight excluding hydrogens is 448 g/mol. The van der Waals surface area contributed by atoms with Crippen molar-refractivity contribution in [1.29, 1.82) is 0 Å². The molecule has 1 heterocycles. The van der Waals surface area contributed by atoms with Gasteiger partial charge in [0.25, 0.3) is 11.8 Å². The number of carbonyl (C=O) groups is 3. The highest BCUT2D eigenvalue weighted by Crippen LogP contribution is 2.51. The Balaban J connectivity index is 1.52. The molecule has 11 heteroatoms. The number of benzene rings is 2. The van der Waals surface area contributed by atoms with Gasteiger partial charge in [0, 0.05) is 35.2 Å². The van der Waals surface area contributed by atoms with Crippen LogP contribution in [-0.4, -0.2) is 59.6 Å². The maximum atomic E-state index is 14.8. The van der Waals surface area contributed by atoms with Gasteiger partial charge in [-0.05, 0) is 11.6 Å². The van der Waals surface area contributed by atoms with Crippen LogP contribution in [0, 0.1) is 0 Å². The molecule has 0 aromatic heterocycles. The van der Waals surface area contributed by atoms with Gasteiger partial charge in [-0.15, -0.1) is 0 Å². The van der Waals surface area contributed by atoms with E-state index >= 15 is 0 Å². The summed E-state index contributed by atoms with van der Waals surface area (Å²) in [6, 6.07) is 8.28. The summed E-state index contributed by atoms with van der Waals surface area (Å²) < 4.78 is 58.9. The number of alkyl halides is 4. The van der Waals surface area contributed by atoms with Gasteiger partial charge in [0.15, 0.2) is 0 Å². The second kappa shape index (κ2) is 8.47. The van der Waals surface area contributed by atoms with Gasteiger partial charge in [0.1, 0.15) is 6.04 Å². The molecule has 0 unspecified atom stereocenters. The van der Waals surface area contributed by atoms with Crippen LogP contribution in [0.3, 0.4) is 0 Å². The zero-order valence-corrected chi connectivity index (χ0v) is 16.9. The van der Waals surface area contributed by atoms with Gasteiger partial charge in [-0.25, -0.2) is 4.79 Å².